The predicted octanol–water partition coefficient (Wildman–Crippen LogP) is 7.18. The molecule has 45 heavy (non-hydrogen) atoms. The number of fused-ring (bicyclic) bond motifs is 2. The fraction of sp³-hybridized carbons (Fsp3) is 0.444. The van der Waals surface area contributed by atoms with Crippen LogP contribution in [0, 0.1) is 39.3 Å². The van der Waals surface area contributed by atoms with Gasteiger partial charge in [-0.3, -0.25) is 9.74 Å². The smallest absolute Gasteiger partial charge is 0.353 e. The van der Waals surface area contributed by atoms with E-state index in [1.54, 1.807) is 31.7 Å². The monoisotopic (exact) mass is 627 g/mol. The fourth-order valence-electron chi connectivity index (χ4n) is 5.88. The molecule has 0 atom stereocenters. The molecule has 0 bridgehead atoms. The van der Waals surface area contributed by atoms with Crippen molar-refractivity contribution in [2.45, 2.75) is 86.2 Å². The highest BCUT2D eigenvalue weighted by Crippen LogP contribution is 2.43. The van der Waals surface area contributed by atoms with E-state index >= 15 is 4.39 Å². The van der Waals surface area contributed by atoms with Gasteiger partial charge < -0.3 is 14.7 Å². The lowest BCUT2D eigenvalue weighted by Crippen LogP contribution is -2.24. The molecule has 3 aromatic rings. The third-order valence-corrected chi connectivity index (χ3v) is 7.94. The number of hydrogen-bond acceptors (Lipinski definition) is 5. The SMILES string of the molecule is CC(C)(C)O.Cc1c(-c2c(C)c3c(c(C)c2CC(=O)OF)CCN(C=O)CC3)cc(F)c2c1CCCO2.Cc1cccc(F)c1. The summed E-state index contributed by atoms with van der Waals surface area (Å²) in [5, 5.41) is 8.52. The number of benzene rings is 3. The van der Waals surface area contributed by atoms with Gasteiger partial charge in [-0.1, -0.05) is 12.1 Å². The molecule has 3 aromatic carbocycles. The van der Waals surface area contributed by atoms with Crippen LogP contribution in [0.15, 0.2) is 30.3 Å². The standard InChI is InChI=1S/C25H27F2NO4.C7H7F.C4H10O/c1-14-17-6-8-28(13-29)9-7-18(17)16(3)24(21(14)12-23(30)32-27)20-11-22(26)25-19(15(20)2)5-4-10-31-25;1-6-3-2-4-7(8)5-6;1-4(2,3)5/h11,13H,4-10,12H2,1-3H3;2-5H,1H3;5H,1-3H3. The first-order valence-corrected chi connectivity index (χ1v) is 15.2. The average Bonchev–Trinajstić information content (AvgIpc) is 3.20. The van der Waals surface area contributed by atoms with Gasteiger partial charge in [-0.15, -0.1) is 0 Å². The summed E-state index contributed by atoms with van der Waals surface area (Å²) >= 11 is 0. The Balaban J connectivity index is 0.000000354. The van der Waals surface area contributed by atoms with Gasteiger partial charge in [0.1, 0.15) is 5.82 Å². The van der Waals surface area contributed by atoms with E-state index in [2.05, 4.69) is 4.94 Å². The number of amides is 1. The maximum Gasteiger partial charge on any atom is 0.353 e. The number of aryl methyl sites for hydroxylation is 1. The Morgan fingerprint density at radius 3 is 2.13 bits per heavy atom. The van der Waals surface area contributed by atoms with Crippen molar-refractivity contribution in [3.8, 4) is 16.9 Å². The van der Waals surface area contributed by atoms with Gasteiger partial charge in [-0.2, -0.15) is 0 Å². The Morgan fingerprint density at radius 2 is 1.60 bits per heavy atom. The zero-order valence-corrected chi connectivity index (χ0v) is 27.3. The Bertz CT molecular complexity index is 1510. The first-order valence-electron chi connectivity index (χ1n) is 15.2. The summed E-state index contributed by atoms with van der Waals surface area (Å²) in [6, 6.07) is 7.97. The molecule has 1 amide bonds. The number of aliphatic hydroxyl groups is 1. The molecule has 1 N–H and O–H groups in total. The zero-order chi connectivity index (χ0) is 33.5. The fourth-order valence-corrected chi connectivity index (χ4v) is 5.88. The Morgan fingerprint density at radius 1 is 0.978 bits per heavy atom. The van der Waals surface area contributed by atoms with Crippen molar-refractivity contribution in [3.05, 3.63) is 86.5 Å². The summed E-state index contributed by atoms with van der Waals surface area (Å²) in [5.41, 5.74) is 8.25. The van der Waals surface area contributed by atoms with Gasteiger partial charge >= 0.3 is 5.97 Å². The molecule has 6 nitrogen and oxygen atoms in total. The summed E-state index contributed by atoms with van der Waals surface area (Å²) in [7, 11) is 0. The summed E-state index contributed by atoms with van der Waals surface area (Å²) in [5.74, 6) is -1.28. The average molecular weight is 628 g/mol. The third-order valence-electron chi connectivity index (χ3n) is 7.94. The Kier molecular flexibility index (Phi) is 12.2. The Labute approximate surface area is 264 Å². The number of ether oxygens (including phenoxy) is 1. The molecule has 2 aliphatic heterocycles. The minimum Gasteiger partial charge on any atom is -0.490 e. The van der Waals surface area contributed by atoms with Crippen molar-refractivity contribution in [2.24, 2.45) is 0 Å². The number of halogens is 3. The van der Waals surface area contributed by atoms with Gasteiger partial charge in [0.25, 0.3) is 0 Å². The van der Waals surface area contributed by atoms with Crippen LogP contribution in [-0.4, -0.2) is 47.7 Å². The van der Waals surface area contributed by atoms with Crippen molar-refractivity contribution >= 4 is 12.4 Å². The second-order valence-corrected chi connectivity index (χ2v) is 12.6. The van der Waals surface area contributed by atoms with E-state index in [1.807, 2.05) is 33.8 Å². The number of hydrogen-bond donors (Lipinski definition) is 1. The molecule has 5 rings (SSSR count). The van der Waals surface area contributed by atoms with Gasteiger partial charge in [-0.05, 0) is 142 Å². The number of carbonyl (C=O) groups is 2. The van der Waals surface area contributed by atoms with Gasteiger partial charge in [0.15, 0.2) is 11.6 Å². The highest BCUT2D eigenvalue weighted by Gasteiger charge is 2.28. The van der Waals surface area contributed by atoms with E-state index in [9.17, 15) is 18.5 Å². The van der Waals surface area contributed by atoms with Crippen LogP contribution in [0.5, 0.6) is 5.75 Å². The van der Waals surface area contributed by atoms with Crippen LogP contribution >= 0.6 is 0 Å². The molecule has 0 radical (unpaired) electrons. The second-order valence-electron chi connectivity index (χ2n) is 12.6. The molecule has 0 aromatic heterocycles. The van der Waals surface area contributed by atoms with E-state index in [4.69, 9.17) is 9.84 Å². The van der Waals surface area contributed by atoms with Crippen LogP contribution in [0.25, 0.3) is 11.1 Å². The van der Waals surface area contributed by atoms with Crippen LogP contribution in [-0.2, 0) is 40.2 Å². The molecule has 0 aliphatic carbocycles. The maximum absolute atomic E-state index is 15.1. The van der Waals surface area contributed by atoms with Crippen LogP contribution in [0.1, 0.15) is 71.7 Å². The number of nitrogens with zero attached hydrogens (tertiary/aromatic N) is 1. The Hall–Kier alpha value is -3.85. The van der Waals surface area contributed by atoms with Gasteiger partial charge in [-0.25, -0.2) is 13.6 Å². The highest BCUT2D eigenvalue weighted by molar-refractivity contribution is 5.84. The quantitative estimate of drug-likeness (QED) is 0.310. The molecule has 0 spiro atoms. The van der Waals surface area contributed by atoms with Crippen molar-refractivity contribution < 1.29 is 37.7 Å². The largest absolute Gasteiger partial charge is 0.490 e. The molecule has 0 unspecified atom stereocenters. The van der Waals surface area contributed by atoms with Crippen molar-refractivity contribution in [1.29, 1.82) is 0 Å². The van der Waals surface area contributed by atoms with Crippen LogP contribution < -0.4 is 4.74 Å². The van der Waals surface area contributed by atoms with Crippen molar-refractivity contribution in [1.82, 2.24) is 4.90 Å². The van der Waals surface area contributed by atoms with E-state index < -0.39 is 17.4 Å². The minimum absolute atomic E-state index is 0.162. The molecule has 244 valence electrons. The van der Waals surface area contributed by atoms with Gasteiger partial charge in [0.2, 0.25) is 6.41 Å². The summed E-state index contributed by atoms with van der Waals surface area (Å²) < 4.78 is 45.6. The van der Waals surface area contributed by atoms with Crippen LogP contribution in [0.4, 0.5) is 13.3 Å². The summed E-state index contributed by atoms with van der Waals surface area (Å²) in [6.07, 6.45) is 3.42. The number of rotatable bonds is 4. The predicted molar refractivity (Wildman–Crippen MR) is 169 cm³/mol. The molecule has 2 heterocycles. The first-order chi connectivity index (χ1) is 21.2. The maximum atomic E-state index is 15.1. The summed E-state index contributed by atoms with van der Waals surface area (Å²) in [6.45, 7) is 14.6. The molecular formula is C36H44F3NO5. The van der Waals surface area contributed by atoms with E-state index in [0.717, 1.165) is 57.3 Å². The first kappa shape index (κ1) is 35.6. The normalized spacial score (nSPS) is 13.9. The topological polar surface area (TPSA) is 76.1 Å². The second kappa shape index (κ2) is 15.4. The van der Waals surface area contributed by atoms with E-state index in [1.165, 1.54) is 18.2 Å². The summed E-state index contributed by atoms with van der Waals surface area (Å²) in [4.78, 5) is 28.6. The van der Waals surface area contributed by atoms with Crippen molar-refractivity contribution in [2.75, 3.05) is 19.7 Å². The lowest BCUT2D eigenvalue weighted by atomic mass is 9.80. The van der Waals surface area contributed by atoms with Gasteiger partial charge in [0.05, 0.1) is 18.6 Å². The van der Waals surface area contributed by atoms with Crippen LogP contribution in [0.2, 0.25) is 0 Å². The minimum atomic E-state index is -0.990. The van der Waals surface area contributed by atoms with Crippen LogP contribution in [0.3, 0.4) is 0 Å². The van der Waals surface area contributed by atoms with E-state index in [-0.39, 0.29) is 12.2 Å². The molecule has 0 fully saturated rings. The molecule has 2 aliphatic rings. The third kappa shape index (κ3) is 9.33. The van der Waals surface area contributed by atoms with E-state index in [0.29, 0.717) is 55.8 Å². The lowest BCUT2D eigenvalue weighted by Gasteiger charge is -2.26. The zero-order valence-electron chi connectivity index (χ0n) is 27.3. The molecule has 0 saturated heterocycles. The molecule has 0 saturated carbocycles. The number of carbonyl (C=O) groups excluding carboxylic acids is 2. The molecular weight excluding hydrogens is 583 g/mol. The lowest BCUT2D eigenvalue weighted by molar-refractivity contribution is -0.182. The highest BCUT2D eigenvalue weighted by atomic mass is 19.3. The van der Waals surface area contributed by atoms with Gasteiger partial charge in [0, 0.05) is 23.2 Å². The molecule has 9 heteroatoms. The van der Waals surface area contributed by atoms with Crippen molar-refractivity contribution in [3.63, 3.8) is 0 Å².